The maximum Gasteiger partial charge on any atom is 0.303 e. The van der Waals surface area contributed by atoms with Gasteiger partial charge in [-0.3, -0.25) is 4.79 Å². The van der Waals surface area contributed by atoms with Crippen molar-refractivity contribution in [2.75, 3.05) is 0 Å². The molecule has 7 heteroatoms. The molecule has 0 radical (unpaired) electrons. The predicted molar refractivity (Wildman–Crippen MR) is 97.6 cm³/mol. The summed E-state index contributed by atoms with van der Waals surface area (Å²) in [7, 11) is 0. The molecule has 0 saturated heterocycles. The Labute approximate surface area is 186 Å². The van der Waals surface area contributed by atoms with Crippen LogP contribution in [0.1, 0.15) is 96.8 Å². The van der Waals surface area contributed by atoms with Crippen LogP contribution in [0, 0.1) is 51.9 Å². The molecule has 0 spiro atoms. The summed E-state index contributed by atoms with van der Waals surface area (Å²) in [4.78, 5) is 24.7. The molecule has 0 saturated carbocycles. The van der Waals surface area contributed by atoms with Gasteiger partial charge >= 0.3 is 11.1 Å². The number of unbranched alkanes of at least 4 members (excludes halogenated alkanes) is 11. The van der Waals surface area contributed by atoms with E-state index >= 15 is 0 Å². The summed E-state index contributed by atoms with van der Waals surface area (Å²) in [6, 6.07) is 0. The van der Waals surface area contributed by atoms with Gasteiger partial charge in [-0.25, -0.2) is 4.84 Å². The van der Waals surface area contributed by atoms with Crippen molar-refractivity contribution < 1.29 is 56.5 Å². The summed E-state index contributed by atoms with van der Waals surface area (Å²) in [5.41, 5.74) is 0. The summed E-state index contributed by atoms with van der Waals surface area (Å²) in [6.45, 7) is 2.24. The van der Waals surface area contributed by atoms with E-state index in [4.69, 9.17) is 0 Å². The Morgan fingerprint density at radius 3 is 1.80 bits per heavy atom. The summed E-state index contributed by atoms with van der Waals surface area (Å²) >= 11 is 0. The van der Waals surface area contributed by atoms with Gasteiger partial charge in [-0.15, -0.1) is 10.1 Å². The first kappa shape index (κ1) is 29.7. The van der Waals surface area contributed by atoms with E-state index in [1.54, 1.807) is 0 Å². The van der Waals surface area contributed by atoms with Crippen molar-refractivity contribution in [2.45, 2.75) is 96.8 Å². The number of hydrogen-bond donors (Lipinski definition) is 1. The van der Waals surface area contributed by atoms with Gasteiger partial charge < -0.3 is 6.15 Å². The molecule has 0 aromatic rings. The van der Waals surface area contributed by atoms with Crippen molar-refractivity contribution in [1.29, 1.82) is 0 Å². The van der Waals surface area contributed by atoms with Gasteiger partial charge in [0.05, 0.1) is 0 Å². The number of nitrogens with zero attached hydrogens (tertiary/aromatic N) is 1. The zero-order chi connectivity index (χ0) is 17.2. The van der Waals surface area contributed by atoms with Crippen molar-refractivity contribution in [2.24, 2.45) is 0 Å². The largest absolute Gasteiger partial charge is 0.344 e. The third kappa shape index (κ3) is 26.3. The van der Waals surface area contributed by atoms with Crippen LogP contribution in [0.15, 0.2) is 12.2 Å². The summed E-state index contributed by atoms with van der Waals surface area (Å²) in [6.07, 6.45) is 20.1. The Morgan fingerprint density at radius 1 is 0.880 bits per heavy atom. The maximum atomic E-state index is 10.9. The second-order valence-corrected chi connectivity index (χ2v) is 6.02. The van der Waals surface area contributed by atoms with E-state index in [1.807, 2.05) is 0 Å². The molecule has 0 aliphatic rings. The third-order valence-electron chi connectivity index (χ3n) is 3.82. The smallest absolute Gasteiger partial charge is 0.303 e. The zero-order valence-corrected chi connectivity index (χ0v) is 19.0. The van der Waals surface area contributed by atoms with Gasteiger partial charge in [-0.05, 0) is 32.1 Å². The molecule has 0 bridgehead atoms. The van der Waals surface area contributed by atoms with Crippen LogP contribution in [0.5, 0.6) is 0 Å². The standard InChI is InChI=1S/C18H33NO4.Ce.H3N/c1-2-3-4-5-6-7-8-9-10-11-12-13-14-15-16-17-18(20)23-19(21)22;;/h9-10H,2-8,11-17H2,1H3;;1H3/b10-9-;;. The Balaban J connectivity index is -0.00000242. The number of rotatable bonds is 16. The normalized spacial score (nSPS) is 10.1. The Bertz CT molecular complexity index is 339. The second kappa shape index (κ2) is 23.9. The first-order chi connectivity index (χ1) is 11.2. The molecule has 0 fully saturated rings. The van der Waals surface area contributed by atoms with Crippen LogP contribution in [0.3, 0.4) is 0 Å². The number of carbonyl (C=O) groups excluding carboxylic acids is 1. The molecular weight excluding hydrogens is 448 g/mol. The fourth-order valence-corrected chi connectivity index (χ4v) is 2.47. The second-order valence-electron chi connectivity index (χ2n) is 6.02. The van der Waals surface area contributed by atoms with Crippen LogP contribution in [-0.2, 0) is 9.63 Å². The summed E-state index contributed by atoms with van der Waals surface area (Å²) in [5, 5.41) is 8.88. The van der Waals surface area contributed by atoms with Gasteiger partial charge in [0.25, 0.3) is 0 Å². The number of carbonyl (C=O) groups is 1. The molecule has 0 unspecified atom stereocenters. The molecule has 146 valence electrons. The summed E-state index contributed by atoms with van der Waals surface area (Å²) < 4.78 is 0. The molecule has 0 heterocycles. The minimum absolute atomic E-state index is 0. The topological polar surface area (TPSA) is 104 Å². The molecule has 0 rings (SSSR count). The van der Waals surface area contributed by atoms with E-state index in [0.717, 1.165) is 25.7 Å². The molecular formula is C18H36CeN2O4. The first-order valence-corrected chi connectivity index (χ1v) is 9.17. The fraction of sp³-hybridized carbons (Fsp3) is 0.833. The van der Waals surface area contributed by atoms with Gasteiger partial charge in [-0.1, -0.05) is 70.4 Å². The van der Waals surface area contributed by atoms with E-state index in [1.165, 1.54) is 51.4 Å². The van der Waals surface area contributed by atoms with E-state index in [9.17, 15) is 14.9 Å². The zero-order valence-electron chi connectivity index (χ0n) is 15.8. The van der Waals surface area contributed by atoms with E-state index in [0.29, 0.717) is 6.42 Å². The quantitative estimate of drug-likeness (QED) is 0.127. The Kier molecular flexibility index (Phi) is 28.4. The molecule has 0 aromatic heterocycles. The van der Waals surface area contributed by atoms with Gasteiger partial charge in [-0.2, -0.15) is 0 Å². The van der Waals surface area contributed by atoms with Crippen molar-refractivity contribution in [1.82, 2.24) is 6.15 Å². The van der Waals surface area contributed by atoms with Crippen molar-refractivity contribution in [3.8, 4) is 0 Å². The molecule has 3 N–H and O–H groups in total. The molecule has 6 nitrogen and oxygen atoms in total. The molecule has 0 aliphatic heterocycles. The van der Waals surface area contributed by atoms with Crippen LogP contribution >= 0.6 is 0 Å². The van der Waals surface area contributed by atoms with Gasteiger partial charge in [0.1, 0.15) is 0 Å². The first-order valence-electron chi connectivity index (χ1n) is 9.17. The molecule has 0 aromatic carbocycles. The van der Waals surface area contributed by atoms with Crippen LogP contribution in [0.4, 0.5) is 0 Å². The van der Waals surface area contributed by atoms with Crippen molar-refractivity contribution >= 4 is 5.97 Å². The van der Waals surface area contributed by atoms with Crippen molar-refractivity contribution in [3.63, 3.8) is 0 Å². The van der Waals surface area contributed by atoms with Crippen LogP contribution in [-0.4, -0.2) is 11.1 Å². The predicted octanol–water partition coefficient (Wildman–Crippen LogP) is 5.92. The molecule has 0 atom stereocenters. The van der Waals surface area contributed by atoms with E-state index in [2.05, 4.69) is 23.9 Å². The minimum Gasteiger partial charge on any atom is -0.344 e. The van der Waals surface area contributed by atoms with Crippen LogP contribution in [0.2, 0.25) is 0 Å². The summed E-state index contributed by atoms with van der Waals surface area (Å²) in [5.74, 6) is -0.743. The molecule has 0 amide bonds. The van der Waals surface area contributed by atoms with Gasteiger partial charge in [0.2, 0.25) is 0 Å². The number of allylic oxidation sites excluding steroid dienone is 2. The van der Waals surface area contributed by atoms with Crippen LogP contribution in [0.25, 0.3) is 0 Å². The van der Waals surface area contributed by atoms with E-state index < -0.39 is 11.1 Å². The Morgan fingerprint density at radius 2 is 1.32 bits per heavy atom. The average molecular weight is 485 g/mol. The molecule has 25 heavy (non-hydrogen) atoms. The van der Waals surface area contributed by atoms with E-state index in [-0.39, 0.29) is 54.3 Å². The fourth-order valence-electron chi connectivity index (χ4n) is 2.47. The number of hydrogen-bond acceptors (Lipinski definition) is 5. The van der Waals surface area contributed by atoms with Gasteiger partial charge in [0, 0.05) is 48.2 Å². The maximum absolute atomic E-state index is 10.9. The van der Waals surface area contributed by atoms with Gasteiger partial charge in [0.15, 0.2) is 0 Å². The minimum atomic E-state index is -1.04. The monoisotopic (exact) mass is 484 g/mol. The third-order valence-corrected chi connectivity index (χ3v) is 3.82. The van der Waals surface area contributed by atoms with Crippen LogP contribution < -0.4 is 6.15 Å². The Hall–Kier alpha value is -0.0534. The average Bonchev–Trinajstić information content (AvgIpc) is 2.50. The SMILES string of the molecule is CCCCCCCC/C=C\CCCCCCCC(=O)O[N+](=O)[O-].N.[Ce]. The van der Waals surface area contributed by atoms with Crippen molar-refractivity contribution in [3.05, 3.63) is 22.3 Å². The molecule has 0 aliphatic carbocycles.